The normalized spacial score (nSPS) is 18.1. The molecule has 1 aromatic carbocycles. The summed E-state index contributed by atoms with van der Waals surface area (Å²) in [5, 5.41) is 12.0. The summed E-state index contributed by atoms with van der Waals surface area (Å²) >= 11 is 0. The molecule has 0 spiro atoms. The maximum absolute atomic E-state index is 12.8. The van der Waals surface area contributed by atoms with E-state index in [1.54, 1.807) is 0 Å². The first-order chi connectivity index (χ1) is 10.1. The minimum atomic E-state index is -0.952. The molecule has 1 amide bonds. The molecule has 0 bridgehead atoms. The highest BCUT2D eigenvalue weighted by molar-refractivity contribution is 5.91. The predicted molar refractivity (Wildman–Crippen MR) is 81.1 cm³/mol. The van der Waals surface area contributed by atoms with Crippen LogP contribution >= 0.6 is 0 Å². The van der Waals surface area contributed by atoms with Crippen molar-refractivity contribution in [3.63, 3.8) is 0 Å². The molecule has 1 aromatic rings. The van der Waals surface area contributed by atoms with Crippen molar-refractivity contribution in [1.82, 2.24) is 5.32 Å². The summed E-state index contributed by atoms with van der Waals surface area (Å²) in [5.41, 5.74) is 0.448. The van der Waals surface area contributed by atoms with Gasteiger partial charge in [0.2, 0.25) is 5.91 Å². The summed E-state index contributed by atoms with van der Waals surface area (Å²) in [6, 6.07) is 8.96. The highest BCUT2D eigenvalue weighted by atomic mass is 16.4. The molecule has 0 saturated heterocycles. The Kier molecular flexibility index (Phi) is 4.99. The molecular formula is C17H23NO3. The second kappa shape index (κ2) is 6.74. The smallest absolute Gasteiger partial charge is 0.326 e. The van der Waals surface area contributed by atoms with E-state index in [2.05, 4.69) is 5.32 Å². The Labute approximate surface area is 125 Å². The Morgan fingerprint density at radius 2 is 1.86 bits per heavy atom. The van der Waals surface area contributed by atoms with Gasteiger partial charge in [0.05, 0.1) is 5.41 Å². The Morgan fingerprint density at radius 1 is 1.24 bits per heavy atom. The van der Waals surface area contributed by atoms with Gasteiger partial charge >= 0.3 is 5.97 Å². The van der Waals surface area contributed by atoms with E-state index in [1.165, 1.54) is 0 Å². The molecule has 0 heterocycles. The van der Waals surface area contributed by atoms with Crippen LogP contribution in [-0.4, -0.2) is 23.0 Å². The predicted octanol–water partition coefficient (Wildman–Crippen LogP) is 2.87. The average Bonchev–Trinajstić information content (AvgIpc) is 2.98. The number of carboxylic acid groups (broad SMARTS) is 1. The first-order valence-electron chi connectivity index (χ1n) is 7.69. The fraction of sp³-hybridized carbons (Fsp3) is 0.529. The summed E-state index contributed by atoms with van der Waals surface area (Å²) in [4.78, 5) is 24.0. The number of amides is 1. The van der Waals surface area contributed by atoms with Crippen molar-refractivity contribution in [3.05, 3.63) is 35.9 Å². The monoisotopic (exact) mass is 289 g/mol. The van der Waals surface area contributed by atoms with E-state index in [9.17, 15) is 14.7 Å². The third kappa shape index (κ3) is 3.26. The number of rotatable bonds is 6. The molecule has 4 heteroatoms. The molecule has 1 fully saturated rings. The standard InChI is InChI=1S/C17H23NO3/c1-2-8-14(15(19)20)18-16(21)17(11-6-7-12-17)13-9-4-3-5-10-13/h3-5,9-10,14H,2,6-8,11-12H2,1H3,(H,18,21)(H,19,20)/t14-/m0/s1. The molecule has 1 aliphatic carbocycles. The van der Waals surface area contributed by atoms with E-state index in [4.69, 9.17) is 0 Å². The molecule has 2 N–H and O–H groups in total. The van der Waals surface area contributed by atoms with Gasteiger partial charge in [-0.2, -0.15) is 0 Å². The maximum Gasteiger partial charge on any atom is 0.326 e. The molecule has 4 nitrogen and oxygen atoms in total. The number of aliphatic carboxylic acids is 1. The summed E-state index contributed by atoms with van der Waals surface area (Å²) < 4.78 is 0. The van der Waals surface area contributed by atoms with Crippen molar-refractivity contribution in [1.29, 1.82) is 0 Å². The Morgan fingerprint density at radius 3 is 2.38 bits per heavy atom. The zero-order valence-corrected chi connectivity index (χ0v) is 12.5. The fourth-order valence-corrected chi connectivity index (χ4v) is 3.23. The number of carboxylic acids is 1. The highest BCUT2D eigenvalue weighted by Gasteiger charge is 2.43. The fourth-order valence-electron chi connectivity index (χ4n) is 3.23. The van der Waals surface area contributed by atoms with Crippen molar-refractivity contribution in [2.75, 3.05) is 0 Å². The maximum atomic E-state index is 12.8. The quantitative estimate of drug-likeness (QED) is 0.846. The Bertz CT molecular complexity index is 492. The van der Waals surface area contributed by atoms with Crippen molar-refractivity contribution < 1.29 is 14.7 Å². The van der Waals surface area contributed by atoms with E-state index in [0.29, 0.717) is 6.42 Å². The van der Waals surface area contributed by atoms with Crippen LogP contribution in [0.1, 0.15) is 51.0 Å². The highest BCUT2D eigenvalue weighted by Crippen LogP contribution is 2.41. The minimum absolute atomic E-state index is 0.132. The van der Waals surface area contributed by atoms with E-state index >= 15 is 0 Å². The van der Waals surface area contributed by atoms with Crippen LogP contribution in [0.25, 0.3) is 0 Å². The zero-order valence-electron chi connectivity index (χ0n) is 12.5. The lowest BCUT2D eigenvalue weighted by atomic mass is 9.77. The van der Waals surface area contributed by atoms with Gasteiger partial charge in [0.25, 0.3) is 0 Å². The van der Waals surface area contributed by atoms with Gasteiger partial charge < -0.3 is 10.4 Å². The van der Waals surface area contributed by atoms with Gasteiger partial charge in [0.1, 0.15) is 6.04 Å². The first kappa shape index (κ1) is 15.5. The molecule has 0 aromatic heterocycles. The molecule has 1 saturated carbocycles. The number of nitrogens with one attached hydrogen (secondary N) is 1. The van der Waals surface area contributed by atoms with E-state index in [1.807, 2.05) is 37.3 Å². The van der Waals surface area contributed by atoms with Gasteiger partial charge in [0, 0.05) is 0 Å². The van der Waals surface area contributed by atoms with E-state index < -0.39 is 17.4 Å². The van der Waals surface area contributed by atoms with Gasteiger partial charge in [-0.05, 0) is 24.8 Å². The summed E-state index contributed by atoms with van der Waals surface area (Å²) in [6.45, 7) is 1.92. The molecule has 0 radical (unpaired) electrons. The summed E-state index contributed by atoms with van der Waals surface area (Å²) in [7, 11) is 0. The number of carbonyl (C=O) groups is 2. The van der Waals surface area contributed by atoms with Crippen LogP contribution in [0.3, 0.4) is 0 Å². The van der Waals surface area contributed by atoms with Gasteiger partial charge in [-0.15, -0.1) is 0 Å². The molecule has 1 aliphatic rings. The van der Waals surface area contributed by atoms with Crippen LogP contribution in [0.4, 0.5) is 0 Å². The Hall–Kier alpha value is -1.84. The van der Waals surface area contributed by atoms with Gasteiger partial charge in [-0.1, -0.05) is 56.5 Å². The minimum Gasteiger partial charge on any atom is -0.480 e. The van der Waals surface area contributed by atoms with Crippen molar-refractivity contribution in [2.45, 2.75) is 56.9 Å². The third-order valence-electron chi connectivity index (χ3n) is 4.40. The number of carbonyl (C=O) groups excluding carboxylic acids is 1. The molecular weight excluding hydrogens is 266 g/mol. The van der Waals surface area contributed by atoms with Crippen molar-refractivity contribution >= 4 is 11.9 Å². The van der Waals surface area contributed by atoms with Crippen LogP contribution < -0.4 is 5.32 Å². The van der Waals surface area contributed by atoms with E-state index in [0.717, 1.165) is 37.7 Å². The third-order valence-corrected chi connectivity index (χ3v) is 4.40. The number of benzene rings is 1. The lowest BCUT2D eigenvalue weighted by Crippen LogP contribution is -2.49. The second-order valence-electron chi connectivity index (χ2n) is 5.81. The average molecular weight is 289 g/mol. The molecule has 0 aliphatic heterocycles. The van der Waals surface area contributed by atoms with Crippen molar-refractivity contribution in [2.24, 2.45) is 0 Å². The van der Waals surface area contributed by atoms with Crippen LogP contribution in [0.2, 0.25) is 0 Å². The second-order valence-corrected chi connectivity index (χ2v) is 5.81. The lowest BCUT2D eigenvalue weighted by molar-refractivity contribution is -0.143. The molecule has 1 atom stereocenters. The molecule has 21 heavy (non-hydrogen) atoms. The van der Waals surface area contributed by atoms with Crippen LogP contribution in [0, 0.1) is 0 Å². The van der Waals surface area contributed by atoms with Gasteiger partial charge in [-0.3, -0.25) is 4.79 Å². The van der Waals surface area contributed by atoms with Crippen molar-refractivity contribution in [3.8, 4) is 0 Å². The van der Waals surface area contributed by atoms with Crippen LogP contribution in [0.5, 0.6) is 0 Å². The molecule has 2 rings (SSSR count). The van der Waals surface area contributed by atoms with Crippen LogP contribution in [-0.2, 0) is 15.0 Å². The topological polar surface area (TPSA) is 66.4 Å². The first-order valence-corrected chi connectivity index (χ1v) is 7.69. The number of hydrogen-bond acceptors (Lipinski definition) is 2. The molecule has 114 valence electrons. The zero-order chi connectivity index (χ0) is 15.3. The Balaban J connectivity index is 2.22. The summed E-state index contributed by atoms with van der Waals surface area (Å²) in [6.07, 6.45) is 4.80. The SMILES string of the molecule is CCC[C@H](NC(=O)C1(c2ccccc2)CCCC1)C(=O)O. The number of hydrogen-bond donors (Lipinski definition) is 2. The van der Waals surface area contributed by atoms with E-state index in [-0.39, 0.29) is 5.91 Å². The lowest BCUT2D eigenvalue weighted by Gasteiger charge is -2.30. The van der Waals surface area contributed by atoms with Crippen LogP contribution in [0.15, 0.2) is 30.3 Å². The molecule has 0 unspecified atom stereocenters. The van der Waals surface area contributed by atoms with Gasteiger partial charge in [-0.25, -0.2) is 4.79 Å². The van der Waals surface area contributed by atoms with Gasteiger partial charge in [0.15, 0.2) is 0 Å². The summed E-state index contributed by atoms with van der Waals surface area (Å²) in [5.74, 6) is -1.08. The largest absolute Gasteiger partial charge is 0.480 e.